The number of anilines is 1. The van der Waals surface area contributed by atoms with E-state index in [-0.39, 0.29) is 23.6 Å². The number of carbonyl (C=O) groups is 3. The Morgan fingerprint density at radius 3 is 2.48 bits per heavy atom. The number of benzene rings is 2. The molecule has 1 saturated heterocycles. The Bertz CT molecular complexity index is 913. The molecule has 0 aliphatic carbocycles. The summed E-state index contributed by atoms with van der Waals surface area (Å²) in [5.41, 5.74) is 1.09. The number of halogens is 1. The van der Waals surface area contributed by atoms with Crippen molar-refractivity contribution < 1.29 is 23.9 Å². The first kappa shape index (κ1) is 18.6. The standard InChI is InChI=1S/C20H19FN2O4/c1-12-5-4-7-15(19(25)23-10-9-13(11-23)20(26)27)17(12)22-18(24)14-6-2-3-8-16(14)21/h2-8,13H,9-11H2,1H3,(H,22,24)(H,26,27). The van der Waals surface area contributed by atoms with E-state index in [4.69, 9.17) is 5.11 Å². The van der Waals surface area contributed by atoms with Gasteiger partial charge in [-0.2, -0.15) is 0 Å². The van der Waals surface area contributed by atoms with Gasteiger partial charge < -0.3 is 15.3 Å². The normalized spacial score (nSPS) is 16.2. The number of aliphatic carboxylic acids is 1. The van der Waals surface area contributed by atoms with Gasteiger partial charge in [-0.1, -0.05) is 24.3 Å². The van der Waals surface area contributed by atoms with Gasteiger partial charge in [-0.3, -0.25) is 14.4 Å². The third-order valence-electron chi connectivity index (χ3n) is 4.68. The van der Waals surface area contributed by atoms with Gasteiger partial charge in [0.15, 0.2) is 0 Å². The number of para-hydroxylation sites is 1. The highest BCUT2D eigenvalue weighted by molar-refractivity contribution is 6.09. The van der Waals surface area contributed by atoms with Crippen molar-refractivity contribution in [1.29, 1.82) is 0 Å². The summed E-state index contributed by atoms with van der Waals surface area (Å²) in [7, 11) is 0. The Hall–Kier alpha value is -3.22. The summed E-state index contributed by atoms with van der Waals surface area (Å²) in [4.78, 5) is 37.9. The number of hydrogen-bond donors (Lipinski definition) is 2. The Balaban J connectivity index is 1.87. The number of likely N-dealkylation sites (tertiary alicyclic amines) is 1. The van der Waals surface area contributed by atoms with Crippen LogP contribution in [0.4, 0.5) is 10.1 Å². The summed E-state index contributed by atoms with van der Waals surface area (Å²) in [5, 5.41) is 11.8. The number of nitrogens with one attached hydrogen (secondary N) is 1. The first-order chi connectivity index (χ1) is 12.9. The van der Waals surface area contributed by atoms with Crippen LogP contribution in [0.3, 0.4) is 0 Å². The molecule has 140 valence electrons. The van der Waals surface area contributed by atoms with Gasteiger partial charge in [0.2, 0.25) is 0 Å². The first-order valence-electron chi connectivity index (χ1n) is 8.56. The van der Waals surface area contributed by atoms with E-state index in [2.05, 4.69) is 5.32 Å². The number of amides is 2. The zero-order valence-electron chi connectivity index (χ0n) is 14.7. The predicted octanol–water partition coefficient (Wildman–Crippen LogP) is 2.93. The molecule has 1 fully saturated rings. The lowest BCUT2D eigenvalue weighted by Gasteiger charge is -2.19. The second-order valence-electron chi connectivity index (χ2n) is 6.51. The van der Waals surface area contributed by atoms with Gasteiger partial charge in [0.1, 0.15) is 5.82 Å². The highest BCUT2D eigenvalue weighted by Gasteiger charge is 2.32. The second kappa shape index (κ2) is 7.57. The van der Waals surface area contributed by atoms with Crippen LogP contribution >= 0.6 is 0 Å². The summed E-state index contributed by atoms with van der Waals surface area (Å²) < 4.78 is 13.9. The summed E-state index contributed by atoms with van der Waals surface area (Å²) in [5.74, 6) is -3.18. The molecule has 2 aromatic carbocycles. The van der Waals surface area contributed by atoms with E-state index in [0.29, 0.717) is 24.2 Å². The van der Waals surface area contributed by atoms with Crippen LogP contribution in [0.1, 0.15) is 32.7 Å². The Labute approximate surface area is 155 Å². The third kappa shape index (κ3) is 3.81. The maximum absolute atomic E-state index is 13.9. The molecule has 6 nitrogen and oxygen atoms in total. The molecule has 2 amide bonds. The van der Waals surface area contributed by atoms with Crippen LogP contribution in [0.5, 0.6) is 0 Å². The summed E-state index contributed by atoms with van der Waals surface area (Å²) in [6, 6.07) is 10.6. The van der Waals surface area contributed by atoms with Gasteiger partial charge in [-0.25, -0.2) is 4.39 Å². The first-order valence-corrected chi connectivity index (χ1v) is 8.56. The molecule has 0 aromatic heterocycles. The number of rotatable bonds is 4. The average Bonchev–Trinajstić information content (AvgIpc) is 3.13. The van der Waals surface area contributed by atoms with Gasteiger partial charge in [-0.05, 0) is 37.1 Å². The van der Waals surface area contributed by atoms with E-state index in [1.165, 1.54) is 23.1 Å². The summed E-state index contributed by atoms with van der Waals surface area (Å²) in [6.45, 7) is 2.20. The molecular formula is C20H19FN2O4. The molecule has 27 heavy (non-hydrogen) atoms. The monoisotopic (exact) mass is 370 g/mol. The molecule has 1 unspecified atom stereocenters. The van der Waals surface area contributed by atoms with E-state index < -0.39 is 23.6 Å². The third-order valence-corrected chi connectivity index (χ3v) is 4.68. The van der Waals surface area contributed by atoms with E-state index in [0.717, 1.165) is 0 Å². The van der Waals surface area contributed by atoms with Crippen molar-refractivity contribution in [1.82, 2.24) is 4.90 Å². The van der Waals surface area contributed by atoms with Crippen LogP contribution in [0.2, 0.25) is 0 Å². The Morgan fingerprint density at radius 1 is 1.11 bits per heavy atom. The van der Waals surface area contributed by atoms with Crippen molar-refractivity contribution >= 4 is 23.5 Å². The quantitative estimate of drug-likeness (QED) is 0.866. The molecule has 1 atom stereocenters. The molecule has 0 radical (unpaired) electrons. The molecule has 0 saturated carbocycles. The number of carboxylic acids is 1. The van der Waals surface area contributed by atoms with Gasteiger partial charge in [0.25, 0.3) is 11.8 Å². The lowest BCUT2D eigenvalue weighted by molar-refractivity contribution is -0.141. The number of carboxylic acid groups (broad SMARTS) is 1. The van der Waals surface area contributed by atoms with Gasteiger partial charge in [-0.15, -0.1) is 0 Å². The van der Waals surface area contributed by atoms with E-state index in [9.17, 15) is 18.8 Å². The lowest BCUT2D eigenvalue weighted by Crippen LogP contribution is -2.31. The maximum atomic E-state index is 13.9. The molecule has 1 aliphatic rings. The largest absolute Gasteiger partial charge is 0.481 e. The van der Waals surface area contributed by atoms with Crippen LogP contribution in [-0.2, 0) is 4.79 Å². The van der Waals surface area contributed by atoms with E-state index in [1.54, 1.807) is 31.2 Å². The molecule has 1 aliphatic heterocycles. The second-order valence-corrected chi connectivity index (χ2v) is 6.51. The number of aryl methyl sites for hydroxylation is 1. The van der Waals surface area contributed by atoms with Crippen molar-refractivity contribution in [2.75, 3.05) is 18.4 Å². The van der Waals surface area contributed by atoms with Crippen molar-refractivity contribution in [3.05, 3.63) is 65.0 Å². The van der Waals surface area contributed by atoms with Gasteiger partial charge in [0, 0.05) is 13.1 Å². The minimum Gasteiger partial charge on any atom is -0.481 e. The van der Waals surface area contributed by atoms with E-state index in [1.807, 2.05) is 0 Å². The zero-order valence-corrected chi connectivity index (χ0v) is 14.7. The van der Waals surface area contributed by atoms with Crippen LogP contribution in [0, 0.1) is 18.7 Å². The average molecular weight is 370 g/mol. The predicted molar refractivity (Wildman–Crippen MR) is 97.2 cm³/mol. The van der Waals surface area contributed by atoms with Crippen LogP contribution in [0.25, 0.3) is 0 Å². The number of nitrogens with zero attached hydrogens (tertiary/aromatic N) is 1. The van der Waals surface area contributed by atoms with E-state index >= 15 is 0 Å². The Morgan fingerprint density at radius 2 is 1.81 bits per heavy atom. The molecule has 7 heteroatoms. The fraction of sp³-hybridized carbons (Fsp3) is 0.250. The summed E-state index contributed by atoms with van der Waals surface area (Å²) in [6.07, 6.45) is 0.393. The smallest absolute Gasteiger partial charge is 0.308 e. The molecule has 0 spiro atoms. The summed E-state index contributed by atoms with van der Waals surface area (Å²) >= 11 is 0. The van der Waals surface area contributed by atoms with Crippen LogP contribution < -0.4 is 5.32 Å². The highest BCUT2D eigenvalue weighted by atomic mass is 19.1. The van der Waals surface area contributed by atoms with Crippen molar-refractivity contribution in [2.24, 2.45) is 5.92 Å². The molecule has 2 N–H and O–H groups in total. The van der Waals surface area contributed by atoms with Crippen LogP contribution in [0.15, 0.2) is 42.5 Å². The zero-order chi connectivity index (χ0) is 19.6. The molecule has 3 rings (SSSR count). The van der Waals surface area contributed by atoms with Crippen LogP contribution in [-0.4, -0.2) is 40.9 Å². The number of carbonyl (C=O) groups excluding carboxylic acids is 2. The maximum Gasteiger partial charge on any atom is 0.308 e. The topological polar surface area (TPSA) is 86.7 Å². The molecule has 2 aromatic rings. The van der Waals surface area contributed by atoms with Gasteiger partial charge >= 0.3 is 5.97 Å². The fourth-order valence-corrected chi connectivity index (χ4v) is 3.15. The van der Waals surface area contributed by atoms with Crippen molar-refractivity contribution in [3.8, 4) is 0 Å². The molecular weight excluding hydrogens is 351 g/mol. The van der Waals surface area contributed by atoms with Crippen molar-refractivity contribution in [3.63, 3.8) is 0 Å². The Kier molecular flexibility index (Phi) is 5.21. The minimum atomic E-state index is -0.928. The molecule has 0 bridgehead atoms. The van der Waals surface area contributed by atoms with Gasteiger partial charge in [0.05, 0.1) is 22.7 Å². The fourth-order valence-electron chi connectivity index (χ4n) is 3.15. The van der Waals surface area contributed by atoms with Crippen molar-refractivity contribution in [2.45, 2.75) is 13.3 Å². The number of hydrogen-bond acceptors (Lipinski definition) is 3. The SMILES string of the molecule is Cc1cccc(C(=O)N2CCC(C(=O)O)C2)c1NC(=O)c1ccccc1F. The minimum absolute atomic E-state index is 0.119. The lowest BCUT2D eigenvalue weighted by atomic mass is 10.1. The molecule has 1 heterocycles. The highest BCUT2D eigenvalue weighted by Crippen LogP contribution is 2.26.